The Morgan fingerprint density at radius 3 is 2.42 bits per heavy atom. The summed E-state index contributed by atoms with van der Waals surface area (Å²) < 4.78 is 28.8. The summed E-state index contributed by atoms with van der Waals surface area (Å²) in [5.41, 5.74) is 1.46. The maximum Gasteiger partial charge on any atom is 0.344 e. The number of ether oxygens (including phenoxy) is 1. The van der Waals surface area contributed by atoms with Crippen molar-refractivity contribution in [3.8, 4) is 0 Å². The first-order valence-corrected chi connectivity index (χ1v) is 17.9. The van der Waals surface area contributed by atoms with Gasteiger partial charge in [0.2, 0.25) is 0 Å². The molecule has 0 spiro atoms. The lowest BCUT2D eigenvalue weighted by atomic mass is 10.2. The molecule has 2 fully saturated rings. The number of thiazole rings is 1. The molecular weight excluding hydrogens is 639 g/mol. The topological polar surface area (TPSA) is 143 Å². The predicted octanol–water partition coefficient (Wildman–Crippen LogP) is 5.15. The van der Waals surface area contributed by atoms with Gasteiger partial charge in [-0.3, -0.25) is 14.3 Å². The van der Waals surface area contributed by atoms with Crippen LogP contribution in [-0.2, 0) is 18.3 Å². The van der Waals surface area contributed by atoms with Crippen molar-refractivity contribution in [3.63, 3.8) is 0 Å². The van der Waals surface area contributed by atoms with Gasteiger partial charge in [0.1, 0.15) is 28.6 Å². The van der Waals surface area contributed by atoms with Gasteiger partial charge in [0, 0.05) is 45.3 Å². The van der Waals surface area contributed by atoms with Crippen LogP contribution in [0.4, 0.5) is 22.5 Å². The van der Waals surface area contributed by atoms with E-state index in [2.05, 4.69) is 40.7 Å². The number of hydrogen-bond acceptors (Lipinski definition) is 13. The van der Waals surface area contributed by atoms with Crippen LogP contribution in [0.25, 0.3) is 0 Å². The van der Waals surface area contributed by atoms with E-state index in [4.69, 9.17) is 25.4 Å². The van der Waals surface area contributed by atoms with Crippen molar-refractivity contribution in [3.05, 3.63) is 51.7 Å². The summed E-state index contributed by atoms with van der Waals surface area (Å²) >= 11 is 7.46. The van der Waals surface area contributed by atoms with Crippen molar-refractivity contribution >= 4 is 58.9 Å². The lowest BCUT2D eigenvalue weighted by Gasteiger charge is -2.36. The van der Waals surface area contributed by atoms with E-state index in [1.54, 1.807) is 6.07 Å². The molecule has 2 aliphatic rings. The zero-order valence-electron chi connectivity index (χ0n) is 26.2. The molecular formula is C29H42ClN8O5PS. The number of aromatic nitrogens is 3. The Balaban J connectivity index is 0.000000687. The molecule has 16 heteroatoms. The third kappa shape index (κ3) is 10.7. The van der Waals surface area contributed by atoms with E-state index < -0.39 is 7.60 Å². The van der Waals surface area contributed by atoms with Crippen LogP contribution in [-0.4, -0.2) is 97.7 Å². The minimum absolute atomic E-state index is 0.272. The lowest BCUT2D eigenvalue weighted by Crippen LogP contribution is -2.47. The minimum atomic E-state index is -3.13. The van der Waals surface area contributed by atoms with Gasteiger partial charge in [-0.05, 0) is 39.3 Å². The summed E-state index contributed by atoms with van der Waals surface area (Å²) in [4.78, 5) is 30.9. The van der Waals surface area contributed by atoms with Crippen LogP contribution in [0.3, 0.4) is 0 Å². The first kappa shape index (κ1) is 35.2. The van der Waals surface area contributed by atoms with Gasteiger partial charge in [-0.15, -0.1) is 0 Å². The number of morpholine rings is 1. The van der Waals surface area contributed by atoms with Gasteiger partial charge in [0.05, 0.1) is 43.3 Å². The van der Waals surface area contributed by atoms with Crippen molar-refractivity contribution in [1.82, 2.24) is 25.2 Å². The van der Waals surface area contributed by atoms with Crippen LogP contribution in [0, 0.1) is 13.8 Å². The second-order valence-corrected chi connectivity index (χ2v) is 13.7. The molecule has 0 atom stereocenters. The molecule has 2 saturated heterocycles. The monoisotopic (exact) mass is 680 g/mol. The van der Waals surface area contributed by atoms with Crippen LogP contribution >= 0.6 is 30.5 Å². The molecule has 0 unspecified atom stereocenters. The number of halogens is 1. The lowest BCUT2D eigenvalue weighted by molar-refractivity contribution is 0.103. The molecule has 1 aromatic carbocycles. The highest BCUT2D eigenvalue weighted by Gasteiger charge is 2.29. The van der Waals surface area contributed by atoms with Crippen LogP contribution in [0.15, 0.2) is 30.5 Å². The highest BCUT2D eigenvalue weighted by atomic mass is 35.5. The summed E-state index contributed by atoms with van der Waals surface area (Å²) in [6, 6.07) is 7.32. The van der Waals surface area contributed by atoms with E-state index in [1.165, 1.54) is 17.5 Å². The van der Waals surface area contributed by atoms with Gasteiger partial charge in [0.15, 0.2) is 5.13 Å². The fourth-order valence-electron chi connectivity index (χ4n) is 4.68. The molecule has 13 nitrogen and oxygen atoms in total. The number of nitrogens with zero attached hydrogens (tertiary/aromatic N) is 5. The minimum Gasteiger partial charge on any atom is -0.379 e. The number of rotatable bonds is 11. The molecule has 2 aromatic heterocycles. The quantitative estimate of drug-likeness (QED) is 0.231. The summed E-state index contributed by atoms with van der Waals surface area (Å²) in [5.74, 6) is 1.69. The number of nitrogens with one attached hydrogen (secondary N) is 3. The van der Waals surface area contributed by atoms with Gasteiger partial charge < -0.3 is 34.6 Å². The summed E-state index contributed by atoms with van der Waals surface area (Å²) in [5, 5.41) is 10.2. The molecule has 45 heavy (non-hydrogen) atoms. The van der Waals surface area contributed by atoms with Crippen molar-refractivity contribution in [2.24, 2.45) is 0 Å². The highest BCUT2D eigenvalue weighted by Crippen LogP contribution is 2.48. The average Bonchev–Trinajstić information content (AvgIpc) is 3.49. The fraction of sp³-hybridized carbons (Fsp3) is 0.517. The van der Waals surface area contributed by atoms with E-state index in [0.29, 0.717) is 71.8 Å². The number of aryl methyl sites for hydroxylation is 2. The summed E-state index contributed by atoms with van der Waals surface area (Å²) in [6.07, 6.45) is 1.79. The molecule has 4 heterocycles. The molecule has 3 N–H and O–H groups in total. The van der Waals surface area contributed by atoms with Gasteiger partial charge in [-0.2, -0.15) is 0 Å². The Kier molecular flexibility index (Phi) is 13.5. The van der Waals surface area contributed by atoms with Crippen LogP contribution in [0.5, 0.6) is 0 Å². The Labute approximate surface area is 273 Å². The second kappa shape index (κ2) is 17.3. The van der Waals surface area contributed by atoms with Gasteiger partial charge >= 0.3 is 7.60 Å². The van der Waals surface area contributed by atoms with Gasteiger partial charge in [0.25, 0.3) is 5.91 Å². The number of carbonyl (C=O) groups excluding carboxylic acids is 1. The molecule has 1 amide bonds. The average molecular weight is 681 g/mol. The molecule has 5 rings (SSSR count). The number of hydrogen-bond donors (Lipinski definition) is 3. The van der Waals surface area contributed by atoms with Crippen molar-refractivity contribution in [1.29, 1.82) is 0 Å². The molecule has 0 aliphatic carbocycles. The second-order valence-electron chi connectivity index (χ2n) is 10.3. The first-order chi connectivity index (χ1) is 21.7. The Hall–Kier alpha value is -2.68. The van der Waals surface area contributed by atoms with E-state index in [0.717, 1.165) is 37.7 Å². The van der Waals surface area contributed by atoms with Gasteiger partial charge in [-0.1, -0.05) is 35.1 Å². The van der Waals surface area contributed by atoms with Gasteiger partial charge in [-0.25, -0.2) is 15.0 Å². The Morgan fingerprint density at radius 1 is 1.11 bits per heavy atom. The zero-order valence-corrected chi connectivity index (χ0v) is 28.6. The molecule has 246 valence electrons. The SMILES string of the molecule is C1COCCN1.CCOP(=O)(CN1CCN(c2cc(Nc3ncc(C(=O)Nc4c(C)cccc4Cl)s3)nc(C)n2)CC1)OCC. The van der Waals surface area contributed by atoms with E-state index >= 15 is 0 Å². The van der Waals surface area contributed by atoms with E-state index in [-0.39, 0.29) is 12.2 Å². The molecule has 0 radical (unpaired) electrons. The molecule has 2 aliphatic heterocycles. The predicted molar refractivity (Wildman–Crippen MR) is 180 cm³/mol. The first-order valence-electron chi connectivity index (χ1n) is 15.0. The fourth-order valence-corrected chi connectivity index (χ4v) is 7.47. The van der Waals surface area contributed by atoms with Crippen LogP contribution in [0.2, 0.25) is 5.02 Å². The Bertz CT molecular complexity index is 1410. The number of benzene rings is 1. The third-order valence-electron chi connectivity index (χ3n) is 6.82. The highest BCUT2D eigenvalue weighted by molar-refractivity contribution is 7.53. The van der Waals surface area contributed by atoms with E-state index in [1.807, 2.05) is 45.9 Å². The Morgan fingerprint density at radius 2 is 1.82 bits per heavy atom. The number of anilines is 4. The number of para-hydroxylation sites is 1. The number of amides is 1. The number of carbonyl (C=O) groups is 1. The maximum atomic E-state index is 12.9. The molecule has 3 aromatic rings. The summed E-state index contributed by atoms with van der Waals surface area (Å²) in [7, 11) is -3.13. The molecule has 0 saturated carbocycles. The normalized spacial score (nSPS) is 15.7. The third-order valence-corrected chi connectivity index (χ3v) is 10.1. The molecule has 0 bridgehead atoms. The zero-order chi connectivity index (χ0) is 32.2. The van der Waals surface area contributed by atoms with Crippen molar-refractivity contribution in [2.45, 2.75) is 27.7 Å². The smallest absolute Gasteiger partial charge is 0.344 e. The van der Waals surface area contributed by atoms with Crippen LogP contribution in [0.1, 0.15) is 34.9 Å². The largest absolute Gasteiger partial charge is 0.379 e. The summed E-state index contributed by atoms with van der Waals surface area (Å²) in [6.45, 7) is 14.7. The standard InChI is InChI=1S/C25H33ClN7O4PS.C4H9NO/c1-5-36-38(35,37-6-2)16-32-10-12-33(13-11-32)22-14-21(28-18(4)29-22)30-25-27-15-20(39-25)24(34)31-23-17(3)8-7-9-19(23)26;1-3-6-4-2-5-1/h7-9,14-15H,5-6,10-13,16H2,1-4H3,(H,31,34)(H,27,28,29,30);5H,1-4H2. The van der Waals surface area contributed by atoms with E-state index in [9.17, 15) is 9.36 Å². The van der Waals surface area contributed by atoms with Crippen molar-refractivity contribution in [2.75, 3.05) is 87.5 Å². The maximum absolute atomic E-state index is 12.9. The number of piperazine rings is 1. The van der Waals surface area contributed by atoms with Crippen molar-refractivity contribution < 1.29 is 23.1 Å². The van der Waals surface area contributed by atoms with Crippen LogP contribution < -0.4 is 20.9 Å².